The maximum absolute atomic E-state index is 11.0. The van der Waals surface area contributed by atoms with Crippen molar-refractivity contribution < 1.29 is 29.4 Å². The van der Waals surface area contributed by atoms with Gasteiger partial charge in [-0.3, -0.25) is 19.2 Å². The minimum Gasteiger partial charge on any atom is -0.480 e. The Morgan fingerprint density at radius 1 is 1.00 bits per heavy atom. The van der Waals surface area contributed by atoms with Gasteiger partial charge in [0.2, 0.25) is 0 Å². The molecule has 0 heterocycles. The minimum absolute atomic E-state index is 0.359. The fourth-order valence-corrected chi connectivity index (χ4v) is 1.47. The summed E-state index contributed by atoms with van der Waals surface area (Å²) >= 11 is 0. The number of ketones is 2. The van der Waals surface area contributed by atoms with Crippen LogP contribution < -0.4 is 0 Å². The fourth-order valence-electron chi connectivity index (χ4n) is 1.47. The van der Waals surface area contributed by atoms with Crippen LogP contribution in [0.1, 0.15) is 19.3 Å². The van der Waals surface area contributed by atoms with E-state index in [4.69, 9.17) is 10.2 Å². The van der Waals surface area contributed by atoms with Gasteiger partial charge in [0.1, 0.15) is 11.6 Å². The Balaban J connectivity index is 3.10. The predicted octanol–water partition coefficient (Wildman–Crippen LogP) is -0.536. The summed E-state index contributed by atoms with van der Waals surface area (Å²) in [7, 11) is 0. The van der Waals surface area contributed by atoms with Gasteiger partial charge in [-0.05, 0) is 0 Å². The van der Waals surface area contributed by atoms with Crippen LogP contribution in [-0.2, 0) is 19.2 Å². The molecule has 14 heavy (non-hydrogen) atoms. The van der Waals surface area contributed by atoms with E-state index < -0.39 is 41.8 Å². The molecule has 76 valence electrons. The van der Waals surface area contributed by atoms with Gasteiger partial charge in [-0.2, -0.15) is 0 Å². The van der Waals surface area contributed by atoms with E-state index in [1.54, 1.807) is 0 Å². The first-order valence-corrected chi connectivity index (χ1v) is 3.89. The third-order valence-electron chi connectivity index (χ3n) is 2.21. The van der Waals surface area contributed by atoms with Crippen molar-refractivity contribution in [1.82, 2.24) is 0 Å². The number of carbonyl (C=O) groups is 4. The molecule has 1 aliphatic carbocycles. The molecule has 0 atom stereocenters. The zero-order valence-electron chi connectivity index (χ0n) is 7.15. The molecule has 1 saturated carbocycles. The zero-order valence-corrected chi connectivity index (χ0v) is 7.15. The van der Waals surface area contributed by atoms with Crippen molar-refractivity contribution in [3.05, 3.63) is 0 Å². The molecule has 0 spiro atoms. The van der Waals surface area contributed by atoms with E-state index in [9.17, 15) is 19.2 Å². The molecular formula is C8H8O6. The second-order valence-electron chi connectivity index (χ2n) is 3.30. The number of carboxylic acid groups (broad SMARTS) is 2. The summed E-state index contributed by atoms with van der Waals surface area (Å²) in [6.07, 6.45) is -1.57. The van der Waals surface area contributed by atoms with Crippen LogP contribution in [0.2, 0.25) is 0 Å². The molecule has 6 nitrogen and oxygen atoms in total. The number of hydrogen-bond acceptors (Lipinski definition) is 4. The van der Waals surface area contributed by atoms with E-state index >= 15 is 0 Å². The van der Waals surface area contributed by atoms with Crippen molar-refractivity contribution in [1.29, 1.82) is 0 Å². The second kappa shape index (κ2) is 3.21. The Labute approximate surface area is 78.5 Å². The summed E-state index contributed by atoms with van der Waals surface area (Å²) in [5.41, 5.74) is -2.24. The lowest BCUT2D eigenvalue weighted by Gasteiger charge is -2.26. The van der Waals surface area contributed by atoms with Gasteiger partial charge < -0.3 is 10.2 Å². The van der Waals surface area contributed by atoms with Gasteiger partial charge in [0.25, 0.3) is 0 Å². The SMILES string of the molecule is O=C1CC(=O)CC(C(=O)O)(C(=O)O)C1. The Morgan fingerprint density at radius 3 is 1.64 bits per heavy atom. The number of rotatable bonds is 2. The number of carboxylic acids is 2. The third kappa shape index (κ3) is 1.50. The van der Waals surface area contributed by atoms with Gasteiger partial charge in [0.15, 0.2) is 5.41 Å². The summed E-state index contributed by atoms with van der Waals surface area (Å²) in [5.74, 6) is -4.53. The van der Waals surface area contributed by atoms with Crippen molar-refractivity contribution in [2.75, 3.05) is 0 Å². The van der Waals surface area contributed by atoms with E-state index in [2.05, 4.69) is 0 Å². The standard InChI is InChI=1S/C8H8O6/c9-4-1-5(10)3-8(2-4,6(11)12)7(13)14/h1-3H2,(H,11,12)(H,13,14). The number of hydrogen-bond donors (Lipinski definition) is 2. The lowest BCUT2D eigenvalue weighted by Crippen LogP contribution is -2.46. The zero-order chi connectivity index (χ0) is 10.9. The molecule has 0 aromatic rings. The molecular weight excluding hydrogens is 192 g/mol. The lowest BCUT2D eigenvalue weighted by atomic mass is 9.73. The molecule has 0 unspecified atom stereocenters. The summed E-state index contributed by atoms with van der Waals surface area (Å²) in [5, 5.41) is 17.4. The molecule has 2 N–H and O–H groups in total. The minimum atomic E-state index is -2.24. The van der Waals surface area contributed by atoms with Crippen LogP contribution in [0.3, 0.4) is 0 Å². The monoisotopic (exact) mass is 200 g/mol. The third-order valence-corrected chi connectivity index (χ3v) is 2.21. The van der Waals surface area contributed by atoms with Crippen molar-refractivity contribution in [3.63, 3.8) is 0 Å². The Hall–Kier alpha value is -1.72. The van der Waals surface area contributed by atoms with Gasteiger partial charge >= 0.3 is 11.9 Å². The highest BCUT2D eigenvalue weighted by Gasteiger charge is 2.52. The molecule has 6 heteroatoms. The molecule has 1 aliphatic rings. The van der Waals surface area contributed by atoms with E-state index in [0.29, 0.717) is 0 Å². The molecule has 0 aliphatic heterocycles. The van der Waals surface area contributed by atoms with Crippen LogP contribution in [-0.4, -0.2) is 33.7 Å². The smallest absolute Gasteiger partial charge is 0.321 e. The van der Waals surface area contributed by atoms with Crippen molar-refractivity contribution in [2.24, 2.45) is 5.41 Å². The first kappa shape index (κ1) is 10.4. The highest BCUT2D eigenvalue weighted by Crippen LogP contribution is 2.33. The van der Waals surface area contributed by atoms with Crippen LogP contribution in [0, 0.1) is 5.41 Å². The largest absolute Gasteiger partial charge is 0.480 e. The summed E-state index contributed by atoms with van der Waals surface area (Å²) < 4.78 is 0. The molecule has 0 amide bonds. The van der Waals surface area contributed by atoms with Crippen LogP contribution in [0.4, 0.5) is 0 Å². The van der Waals surface area contributed by atoms with Crippen LogP contribution in [0.15, 0.2) is 0 Å². The van der Waals surface area contributed by atoms with Crippen LogP contribution in [0.5, 0.6) is 0 Å². The molecule has 0 bridgehead atoms. The van der Waals surface area contributed by atoms with Crippen molar-refractivity contribution in [2.45, 2.75) is 19.3 Å². The van der Waals surface area contributed by atoms with E-state index in [1.165, 1.54) is 0 Å². The van der Waals surface area contributed by atoms with Crippen LogP contribution >= 0.6 is 0 Å². The maximum Gasteiger partial charge on any atom is 0.321 e. The normalized spacial score (nSPS) is 20.6. The van der Waals surface area contributed by atoms with E-state index in [-0.39, 0.29) is 6.42 Å². The topological polar surface area (TPSA) is 109 Å². The van der Waals surface area contributed by atoms with Gasteiger partial charge in [-0.15, -0.1) is 0 Å². The maximum atomic E-state index is 11.0. The van der Waals surface area contributed by atoms with Crippen molar-refractivity contribution >= 4 is 23.5 Å². The average molecular weight is 200 g/mol. The van der Waals surface area contributed by atoms with Crippen LogP contribution in [0.25, 0.3) is 0 Å². The summed E-state index contributed by atoms with van der Waals surface area (Å²) in [4.78, 5) is 43.3. The first-order chi connectivity index (χ1) is 6.38. The predicted molar refractivity (Wildman–Crippen MR) is 41.6 cm³/mol. The van der Waals surface area contributed by atoms with E-state index in [1.807, 2.05) is 0 Å². The van der Waals surface area contributed by atoms with E-state index in [0.717, 1.165) is 0 Å². The fraction of sp³-hybridized carbons (Fsp3) is 0.500. The number of Topliss-reactive ketones (excluding diaryl/α,β-unsaturated/α-hetero) is 2. The highest BCUT2D eigenvalue weighted by atomic mass is 16.4. The number of aliphatic carboxylic acids is 2. The first-order valence-electron chi connectivity index (χ1n) is 3.89. The second-order valence-corrected chi connectivity index (χ2v) is 3.30. The van der Waals surface area contributed by atoms with Gasteiger partial charge in [0.05, 0.1) is 6.42 Å². The molecule has 0 saturated heterocycles. The van der Waals surface area contributed by atoms with Gasteiger partial charge in [0, 0.05) is 12.8 Å². The molecule has 0 aromatic carbocycles. The molecule has 1 fully saturated rings. The quantitative estimate of drug-likeness (QED) is 0.579. The molecule has 0 aromatic heterocycles. The Morgan fingerprint density at radius 2 is 1.36 bits per heavy atom. The molecule has 1 rings (SSSR count). The van der Waals surface area contributed by atoms with Gasteiger partial charge in [-0.25, -0.2) is 0 Å². The summed E-state index contributed by atoms with van der Waals surface area (Å²) in [6, 6.07) is 0. The highest BCUT2D eigenvalue weighted by molar-refractivity contribution is 6.13. The Bertz CT molecular complexity index is 297. The number of carbonyl (C=O) groups excluding carboxylic acids is 2. The average Bonchev–Trinajstić information content (AvgIpc) is 2.01. The van der Waals surface area contributed by atoms with Crippen molar-refractivity contribution in [3.8, 4) is 0 Å². The Kier molecular flexibility index (Phi) is 2.37. The lowest BCUT2D eigenvalue weighted by molar-refractivity contribution is -0.170. The summed E-state index contributed by atoms with van der Waals surface area (Å²) in [6.45, 7) is 0. The molecule has 0 radical (unpaired) electrons. The van der Waals surface area contributed by atoms with Gasteiger partial charge in [-0.1, -0.05) is 0 Å².